The molecule has 4 heterocycles. The van der Waals surface area contributed by atoms with Gasteiger partial charge in [0.15, 0.2) is 11.6 Å². The van der Waals surface area contributed by atoms with E-state index in [0.717, 1.165) is 79.5 Å². The highest BCUT2D eigenvalue weighted by molar-refractivity contribution is 6.00. The van der Waals surface area contributed by atoms with Crippen LogP contribution in [0, 0.1) is 0 Å². The number of carbonyl (C=O) groups excluding carboxylic acids is 1. The molecular formula is C30H33N7O4. The van der Waals surface area contributed by atoms with Crippen LogP contribution in [-0.4, -0.2) is 83.6 Å². The van der Waals surface area contributed by atoms with Gasteiger partial charge < -0.3 is 30.1 Å². The van der Waals surface area contributed by atoms with Crippen molar-refractivity contribution in [3.63, 3.8) is 0 Å². The maximum Gasteiger partial charge on any atom is 0.323 e. The van der Waals surface area contributed by atoms with Gasteiger partial charge in [-0.3, -0.25) is 9.88 Å². The molecule has 2 aliphatic rings. The van der Waals surface area contributed by atoms with Gasteiger partial charge in [-0.2, -0.15) is 0 Å². The summed E-state index contributed by atoms with van der Waals surface area (Å²) >= 11 is 0. The van der Waals surface area contributed by atoms with E-state index in [2.05, 4.69) is 26.5 Å². The van der Waals surface area contributed by atoms with Crippen molar-refractivity contribution in [1.29, 1.82) is 0 Å². The zero-order valence-corrected chi connectivity index (χ0v) is 22.8. The molecular weight excluding hydrogens is 522 g/mol. The van der Waals surface area contributed by atoms with Crippen molar-refractivity contribution in [1.82, 2.24) is 19.9 Å². The summed E-state index contributed by atoms with van der Waals surface area (Å²) in [4.78, 5) is 31.8. The molecule has 0 atom stereocenters. The molecule has 2 aliphatic heterocycles. The van der Waals surface area contributed by atoms with Crippen LogP contribution in [-0.2, 0) is 22.6 Å². The molecule has 0 radical (unpaired) electrons. The number of pyridine rings is 1. The topological polar surface area (TPSA) is 125 Å². The molecule has 2 saturated heterocycles. The minimum absolute atomic E-state index is 0.0893. The Morgan fingerprint density at radius 3 is 2.34 bits per heavy atom. The molecule has 2 amide bonds. The average molecular weight is 556 g/mol. The number of aromatic nitrogens is 3. The highest BCUT2D eigenvalue weighted by atomic mass is 16.5. The summed E-state index contributed by atoms with van der Waals surface area (Å²) < 4.78 is 11.1. The fourth-order valence-corrected chi connectivity index (χ4v) is 5.02. The summed E-state index contributed by atoms with van der Waals surface area (Å²) in [6.45, 7) is 6.77. The number of carbonyl (C=O) groups is 1. The number of aliphatic hydroxyl groups excluding tert-OH is 1. The van der Waals surface area contributed by atoms with E-state index >= 15 is 0 Å². The van der Waals surface area contributed by atoms with E-state index in [9.17, 15) is 9.90 Å². The molecule has 212 valence electrons. The lowest BCUT2D eigenvalue weighted by Crippen LogP contribution is -2.37. The number of fused-ring (bicyclic) bond motifs is 1. The normalized spacial score (nSPS) is 16.1. The Hall–Kier alpha value is -4.16. The number of benzene rings is 2. The van der Waals surface area contributed by atoms with Gasteiger partial charge in [0.2, 0.25) is 0 Å². The summed E-state index contributed by atoms with van der Waals surface area (Å²) in [7, 11) is 0. The smallest absolute Gasteiger partial charge is 0.323 e. The summed E-state index contributed by atoms with van der Waals surface area (Å²) in [5.41, 5.74) is 5.48. The molecule has 0 spiro atoms. The number of urea groups is 1. The number of hydrogen-bond acceptors (Lipinski definition) is 9. The van der Waals surface area contributed by atoms with Crippen LogP contribution >= 0.6 is 0 Å². The van der Waals surface area contributed by atoms with E-state index in [-0.39, 0.29) is 12.6 Å². The maximum atomic E-state index is 12.5. The Kier molecular flexibility index (Phi) is 8.28. The second kappa shape index (κ2) is 12.6. The molecule has 2 aromatic carbocycles. The first-order chi connectivity index (χ1) is 20.1. The molecule has 0 bridgehead atoms. The Labute approximate surface area is 238 Å². The molecule has 11 nitrogen and oxygen atoms in total. The second-order valence-electron chi connectivity index (χ2n) is 10.1. The van der Waals surface area contributed by atoms with E-state index in [1.165, 1.54) is 0 Å². The number of hydrogen-bond donors (Lipinski definition) is 3. The van der Waals surface area contributed by atoms with Gasteiger partial charge in [-0.15, -0.1) is 0 Å². The fraction of sp³-hybridized carbons (Fsp3) is 0.333. The zero-order valence-electron chi connectivity index (χ0n) is 22.8. The number of amides is 2. The SMILES string of the molecule is O=C(Nc1ccc(-c2nc(N3CCOCC3)c3ncc(CN4CCOCC4)cc3n2)cc1)Nc1cccc(CO)c1. The Morgan fingerprint density at radius 2 is 1.59 bits per heavy atom. The van der Waals surface area contributed by atoms with Crippen molar-refractivity contribution >= 4 is 34.3 Å². The van der Waals surface area contributed by atoms with Gasteiger partial charge in [0.1, 0.15) is 5.52 Å². The molecule has 0 saturated carbocycles. The molecule has 11 heteroatoms. The molecule has 4 aromatic rings. The molecule has 6 rings (SSSR count). The van der Waals surface area contributed by atoms with Crippen LogP contribution in [0.5, 0.6) is 0 Å². The van der Waals surface area contributed by atoms with Gasteiger partial charge in [-0.1, -0.05) is 12.1 Å². The Morgan fingerprint density at radius 1 is 0.854 bits per heavy atom. The molecule has 2 fully saturated rings. The molecule has 2 aromatic heterocycles. The van der Waals surface area contributed by atoms with Crippen LogP contribution in [0.3, 0.4) is 0 Å². The Bertz CT molecular complexity index is 1500. The predicted molar refractivity (Wildman–Crippen MR) is 157 cm³/mol. The van der Waals surface area contributed by atoms with Gasteiger partial charge in [0.25, 0.3) is 0 Å². The van der Waals surface area contributed by atoms with Crippen molar-refractivity contribution in [3.8, 4) is 11.4 Å². The largest absolute Gasteiger partial charge is 0.392 e. The van der Waals surface area contributed by atoms with Gasteiger partial charge in [-0.05, 0) is 53.6 Å². The van der Waals surface area contributed by atoms with Crippen LogP contribution in [0.2, 0.25) is 0 Å². The van der Waals surface area contributed by atoms with Crippen molar-refractivity contribution in [2.75, 3.05) is 68.1 Å². The maximum absolute atomic E-state index is 12.5. The quantitative estimate of drug-likeness (QED) is 0.314. The van der Waals surface area contributed by atoms with Crippen LogP contribution in [0.15, 0.2) is 60.8 Å². The monoisotopic (exact) mass is 555 g/mol. The third-order valence-electron chi connectivity index (χ3n) is 7.16. The van der Waals surface area contributed by atoms with Crippen LogP contribution in [0.1, 0.15) is 11.1 Å². The number of nitrogens with one attached hydrogen (secondary N) is 2. The number of ether oxygens (including phenoxy) is 2. The zero-order chi connectivity index (χ0) is 28.0. The van der Waals surface area contributed by atoms with E-state index < -0.39 is 0 Å². The highest BCUT2D eigenvalue weighted by Gasteiger charge is 2.20. The minimum atomic E-state index is -0.372. The second-order valence-corrected chi connectivity index (χ2v) is 10.1. The van der Waals surface area contributed by atoms with E-state index in [0.29, 0.717) is 30.4 Å². The predicted octanol–water partition coefficient (Wildman–Crippen LogP) is 3.50. The number of morpholine rings is 2. The number of aliphatic hydroxyl groups is 1. The molecule has 3 N–H and O–H groups in total. The van der Waals surface area contributed by atoms with Crippen molar-refractivity contribution in [3.05, 3.63) is 71.9 Å². The molecule has 0 aliphatic carbocycles. The van der Waals surface area contributed by atoms with Gasteiger partial charge >= 0.3 is 6.03 Å². The first-order valence-electron chi connectivity index (χ1n) is 13.8. The Balaban J connectivity index is 1.24. The molecule has 41 heavy (non-hydrogen) atoms. The van der Waals surface area contributed by atoms with Crippen molar-refractivity contribution < 1.29 is 19.4 Å². The standard InChI is InChI=1S/C30H33N7O4/c38-20-21-2-1-3-25(16-21)33-30(39)32-24-6-4-23(5-7-24)28-34-26-17-22(19-36-8-12-40-13-9-36)18-31-27(26)29(35-28)37-10-14-41-15-11-37/h1-7,16-18,38H,8-15,19-20H2,(H2,32,33,39). The van der Waals surface area contributed by atoms with Crippen LogP contribution in [0.4, 0.5) is 22.0 Å². The van der Waals surface area contributed by atoms with E-state index in [1.807, 2.05) is 30.5 Å². The fourth-order valence-electron chi connectivity index (χ4n) is 5.02. The minimum Gasteiger partial charge on any atom is -0.392 e. The van der Waals surface area contributed by atoms with Crippen molar-refractivity contribution in [2.24, 2.45) is 0 Å². The summed E-state index contributed by atoms with van der Waals surface area (Å²) in [5, 5.41) is 15.0. The molecule has 0 unspecified atom stereocenters. The van der Waals surface area contributed by atoms with Crippen LogP contribution < -0.4 is 15.5 Å². The average Bonchev–Trinajstić information content (AvgIpc) is 3.02. The van der Waals surface area contributed by atoms with Crippen molar-refractivity contribution in [2.45, 2.75) is 13.2 Å². The number of nitrogens with zero attached hydrogens (tertiary/aromatic N) is 5. The summed E-state index contributed by atoms with van der Waals surface area (Å²) in [6, 6.07) is 16.3. The summed E-state index contributed by atoms with van der Waals surface area (Å²) in [5.74, 6) is 1.40. The van der Waals surface area contributed by atoms with Crippen LogP contribution in [0.25, 0.3) is 22.4 Å². The van der Waals surface area contributed by atoms with Gasteiger partial charge in [0.05, 0.1) is 38.6 Å². The van der Waals surface area contributed by atoms with E-state index in [1.54, 1.807) is 24.3 Å². The number of rotatable bonds is 7. The first kappa shape index (κ1) is 27.0. The lowest BCUT2D eigenvalue weighted by Gasteiger charge is -2.29. The number of anilines is 3. The van der Waals surface area contributed by atoms with Gasteiger partial charge in [-0.25, -0.2) is 14.8 Å². The highest BCUT2D eigenvalue weighted by Crippen LogP contribution is 2.28. The third kappa shape index (κ3) is 6.60. The van der Waals surface area contributed by atoms with Gasteiger partial charge in [0, 0.05) is 55.9 Å². The summed E-state index contributed by atoms with van der Waals surface area (Å²) in [6.07, 6.45) is 1.93. The van der Waals surface area contributed by atoms with E-state index in [4.69, 9.17) is 24.4 Å². The first-order valence-corrected chi connectivity index (χ1v) is 13.8. The lowest BCUT2D eigenvalue weighted by atomic mass is 10.1. The third-order valence-corrected chi connectivity index (χ3v) is 7.16. The lowest BCUT2D eigenvalue weighted by molar-refractivity contribution is 0.0341.